The second-order valence-corrected chi connectivity index (χ2v) is 7.11. The van der Waals surface area contributed by atoms with Crippen LogP contribution in [0.2, 0.25) is 0 Å². The molecule has 0 saturated heterocycles. The number of terminal acetylenes is 1. The number of ether oxygens (including phenoxy) is 1. The zero-order chi connectivity index (χ0) is 22.5. The van der Waals surface area contributed by atoms with E-state index in [1.54, 1.807) is 31.0 Å². The third-order valence-corrected chi connectivity index (χ3v) is 4.90. The Hall–Kier alpha value is -4.77. The van der Waals surface area contributed by atoms with Gasteiger partial charge in [0.2, 0.25) is 5.95 Å². The molecule has 0 bridgehead atoms. The van der Waals surface area contributed by atoms with E-state index in [0.717, 1.165) is 22.3 Å². The fourth-order valence-corrected chi connectivity index (χ4v) is 3.31. The molecule has 5 aromatic rings. The van der Waals surface area contributed by atoms with Crippen molar-refractivity contribution >= 4 is 22.5 Å². The summed E-state index contributed by atoms with van der Waals surface area (Å²) in [5.74, 6) is 4.40. The first-order valence-corrected chi connectivity index (χ1v) is 10.2. The summed E-state index contributed by atoms with van der Waals surface area (Å²) in [6.45, 7) is 0.420. The summed E-state index contributed by atoms with van der Waals surface area (Å²) in [4.78, 5) is 21.3. The molecule has 160 valence electrons. The zero-order valence-electron chi connectivity index (χ0n) is 17.5. The van der Waals surface area contributed by atoms with E-state index >= 15 is 0 Å². The van der Waals surface area contributed by atoms with Crippen LogP contribution in [0, 0.1) is 12.3 Å². The SMILES string of the molecule is C#Cc1cc2cnc(Nc3cccc(-c4cnco4)c3)nc2cc1OCCc1cnccn1. The molecule has 0 radical (unpaired) electrons. The van der Waals surface area contributed by atoms with E-state index in [-0.39, 0.29) is 0 Å². The molecule has 5 rings (SSSR count). The van der Waals surface area contributed by atoms with Crippen LogP contribution in [-0.2, 0) is 6.42 Å². The van der Waals surface area contributed by atoms with Gasteiger partial charge >= 0.3 is 0 Å². The van der Waals surface area contributed by atoms with Crippen LogP contribution in [0.4, 0.5) is 11.6 Å². The number of benzene rings is 2. The smallest absolute Gasteiger partial charge is 0.227 e. The molecule has 0 aliphatic carbocycles. The van der Waals surface area contributed by atoms with Crippen molar-refractivity contribution in [2.75, 3.05) is 11.9 Å². The summed E-state index contributed by atoms with van der Waals surface area (Å²) >= 11 is 0. The Morgan fingerprint density at radius 3 is 2.82 bits per heavy atom. The predicted octanol–water partition coefficient (Wildman–Crippen LogP) is 4.42. The van der Waals surface area contributed by atoms with Crippen molar-refractivity contribution in [1.82, 2.24) is 24.9 Å². The van der Waals surface area contributed by atoms with Crippen LogP contribution in [0.25, 0.3) is 22.2 Å². The number of oxazole rings is 1. The van der Waals surface area contributed by atoms with Gasteiger partial charge in [0.15, 0.2) is 12.2 Å². The lowest BCUT2D eigenvalue weighted by atomic mass is 10.1. The van der Waals surface area contributed by atoms with Crippen molar-refractivity contribution in [1.29, 1.82) is 0 Å². The van der Waals surface area contributed by atoms with Gasteiger partial charge in [-0.15, -0.1) is 6.42 Å². The molecule has 0 aliphatic rings. The van der Waals surface area contributed by atoms with Gasteiger partial charge in [-0.25, -0.2) is 15.0 Å². The van der Waals surface area contributed by atoms with Crippen LogP contribution in [0.1, 0.15) is 11.3 Å². The van der Waals surface area contributed by atoms with E-state index < -0.39 is 0 Å². The summed E-state index contributed by atoms with van der Waals surface area (Å²) in [6.07, 6.45) is 16.1. The van der Waals surface area contributed by atoms with Crippen LogP contribution in [0.15, 0.2) is 78.2 Å². The molecule has 0 aliphatic heterocycles. The third-order valence-electron chi connectivity index (χ3n) is 4.90. The quantitative estimate of drug-likeness (QED) is 0.376. The number of nitrogens with zero attached hydrogens (tertiary/aromatic N) is 5. The normalized spacial score (nSPS) is 10.6. The number of aromatic nitrogens is 5. The fraction of sp³-hybridized carbons (Fsp3) is 0.0800. The molecule has 0 spiro atoms. The molecule has 3 heterocycles. The maximum Gasteiger partial charge on any atom is 0.227 e. The lowest BCUT2D eigenvalue weighted by Gasteiger charge is -2.11. The van der Waals surface area contributed by atoms with Gasteiger partial charge in [0.1, 0.15) is 5.75 Å². The van der Waals surface area contributed by atoms with Gasteiger partial charge in [0.05, 0.1) is 29.6 Å². The first-order valence-electron chi connectivity index (χ1n) is 10.2. The summed E-state index contributed by atoms with van der Waals surface area (Å²) < 4.78 is 11.3. The maximum atomic E-state index is 5.95. The van der Waals surface area contributed by atoms with E-state index in [4.69, 9.17) is 15.6 Å². The average Bonchev–Trinajstić information content (AvgIpc) is 3.40. The van der Waals surface area contributed by atoms with Crippen molar-refractivity contribution in [3.05, 3.63) is 85.0 Å². The molecule has 0 atom stereocenters. The Kier molecular flexibility index (Phi) is 5.59. The molecule has 8 nitrogen and oxygen atoms in total. The second-order valence-electron chi connectivity index (χ2n) is 7.11. The fourth-order valence-electron chi connectivity index (χ4n) is 3.31. The van der Waals surface area contributed by atoms with Gasteiger partial charge in [-0.05, 0) is 18.2 Å². The number of fused-ring (bicyclic) bond motifs is 1. The Balaban J connectivity index is 1.37. The standard InChI is InChI=1S/C25H18N6O2/c1-2-17-10-19-13-29-25(30-20-5-3-4-18(11-20)24-15-27-16-33-24)31-22(19)12-23(17)32-9-6-21-14-26-7-8-28-21/h1,3-5,7-8,10-16H,6,9H2,(H,29,30,31). The minimum Gasteiger partial charge on any atom is -0.492 e. The van der Waals surface area contributed by atoms with E-state index in [9.17, 15) is 0 Å². The van der Waals surface area contributed by atoms with Gasteiger partial charge < -0.3 is 14.5 Å². The van der Waals surface area contributed by atoms with Gasteiger partial charge in [-0.3, -0.25) is 9.97 Å². The number of hydrogen-bond donors (Lipinski definition) is 1. The Bertz CT molecular complexity index is 1430. The lowest BCUT2D eigenvalue weighted by Crippen LogP contribution is -2.05. The predicted molar refractivity (Wildman–Crippen MR) is 124 cm³/mol. The highest BCUT2D eigenvalue weighted by molar-refractivity contribution is 5.83. The molecular weight excluding hydrogens is 416 g/mol. The van der Waals surface area contributed by atoms with E-state index in [0.29, 0.717) is 41.6 Å². The Morgan fingerprint density at radius 2 is 2.00 bits per heavy atom. The molecule has 0 amide bonds. The number of hydrogen-bond acceptors (Lipinski definition) is 8. The number of rotatable bonds is 7. The average molecular weight is 434 g/mol. The minimum atomic E-state index is 0.420. The first-order chi connectivity index (χ1) is 16.3. The van der Waals surface area contributed by atoms with Crippen molar-refractivity contribution in [2.45, 2.75) is 6.42 Å². The molecule has 1 N–H and O–H groups in total. The van der Waals surface area contributed by atoms with Crippen LogP contribution in [0.3, 0.4) is 0 Å². The Labute approximate surface area is 189 Å². The first kappa shape index (κ1) is 20.2. The molecule has 8 heteroatoms. The van der Waals surface area contributed by atoms with E-state index in [1.807, 2.05) is 36.4 Å². The highest BCUT2D eigenvalue weighted by atomic mass is 16.5. The second kappa shape index (κ2) is 9.16. The molecule has 33 heavy (non-hydrogen) atoms. The van der Waals surface area contributed by atoms with Gasteiger partial charge in [-0.1, -0.05) is 18.1 Å². The van der Waals surface area contributed by atoms with Crippen LogP contribution in [-0.4, -0.2) is 31.5 Å². The van der Waals surface area contributed by atoms with E-state index in [2.05, 4.69) is 36.2 Å². The summed E-state index contributed by atoms with van der Waals surface area (Å²) in [7, 11) is 0. The maximum absolute atomic E-state index is 5.95. The van der Waals surface area contributed by atoms with Crippen LogP contribution >= 0.6 is 0 Å². The summed E-state index contributed by atoms with van der Waals surface area (Å²) in [5, 5.41) is 4.05. The zero-order valence-corrected chi connectivity index (χ0v) is 17.5. The minimum absolute atomic E-state index is 0.420. The van der Waals surface area contributed by atoms with Gasteiger partial charge in [0.25, 0.3) is 0 Å². The largest absolute Gasteiger partial charge is 0.492 e. The molecule has 0 unspecified atom stereocenters. The van der Waals surface area contributed by atoms with Crippen LogP contribution < -0.4 is 10.1 Å². The highest BCUT2D eigenvalue weighted by Crippen LogP contribution is 2.27. The molecule has 0 fully saturated rings. The van der Waals surface area contributed by atoms with Gasteiger partial charge in [0, 0.05) is 53.9 Å². The van der Waals surface area contributed by atoms with Crippen molar-refractivity contribution in [3.8, 4) is 29.4 Å². The van der Waals surface area contributed by atoms with Gasteiger partial charge in [-0.2, -0.15) is 0 Å². The van der Waals surface area contributed by atoms with Crippen molar-refractivity contribution < 1.29 is 9.15 Å². The third kappa shape index (κ3) is 4.62. The summed E-state index contributed by atoms with van der Waals surface area (Å²) in [5.41, 5.74) is 3.93. The monoisotopic (exact) mass is 434 g/mol. The topological polar surface area (TPSA) is 98.9 Å². The molecular formula is C25H18N6O2. The molecule has 0 saturated carbocycles. The van der Waals surface area contributed by atoms with E-state index in [1.165, 1.54) is 6.39 Å². The summed E-state index contributed by atoms with van der Waals surface area (Å²) in [6, 6.07) is 11.4. The molecule has 3 aromatic heterocycles. The van der Waals surface area contributed by atoms with Crippen LogP contribution in [0.5, 0.6) is 5.75 Å². The Morgan fingerprint density at radius 1 is 1.03 bits per heavy atom. The number of anilines is 2. The van der Waals surface area contributed by atoms with Crippen molar-refractivity contribution in [3.63, 3.8) is 0 Å². The molecule has 2 aromatic carbocycles. The highest BCUT2D eigenvalue weighted by Gasteiger charge is 2.09. The number of nitrogens with one attached hydrogen (secondary N) is 1. The lowest BCUT2D eigenvalue weighted by molar-refractivity contribution is 0.320. The van der Waals surface area contributed by atoms with Crippen molar-refractivity contribution in [2.24, 2.45) is 0 Å².